The lowest BCUT2D eigenvalue weighted by Crippen LogP contribution is -2.44. The molecular weight excluding hydrogens is 274 g/mol. The number of carboxylic acids is 1. The highest BCUT2D eigenvalue weighted by Gasteiger charge is 2.23. The third-order valence-electron chi connectivity index (χ3n) is 2.27. The number of hydrogen-bond donors (Lipinski definition) is 4. The van der Waals surface area contributed by atoms with Gasteiger partial charge in [-0.2, -0.15) is 4.72 Å². The van der Waals surface area contributed by atoms with E-state index in [2.05, 4.69) is 15.0 Å². The molecule has 8 nitrogen and oxygen atoms in total. The first kappa shape index (κ1) is 15.2. The first-order valence-electron chi connectivity index (χ1n) is 5.49. The second-order valence-electron chi connectivity index (χ2n) is 3.79. The number of aromatic amines is 1. The van der Waals surface area contributed by atoms with Gasteiger partial charge in [0.15, 0.2) is 0 Å². The third-order valence-corrected chi connectivity index (χ3v) is 3.79. The van der Waals surface area contributed by atoms with Gasteiger partial charge in [0.2, 0.25) is 15.9 Å². The molecule has 1 rings (SSSR count). The maximum atomic E-state index is 11.9. The summed E-state index contributed by atoms with van der Waals surface area (Å²) in [5, 5.41) is 11.2. The Morgan fingerprint density at radius 1 is 1.47 bits per heavy atom. The van der Waals surface area contributed by atoms with Crippen molar-refractivity contribution in [3.63, 3.8) is 0 Å². The van der Waals surface area contributed by atoms with Crippen molar-refractivity contribution in [2.75, 3.05) is 6.54 Å². The van der Waals surface area contributed by atoms with Crippen LogP contribution in [0.15, 0.2) is 17.2 Å². The van der Waals surface area contributed by atoms with Crippen LogP contribution in [0.25, 0.3) is 0 Å². The molecule has 0 fully saturated rings. The van der Waals surface area contributed by atoms with Crippen molar-refractivity contribution in [1.29, 1.82) is 0 Å². The fourth-order valence-electron chi connectivity index (χ4n) is 1.33. The van der Waals surface area contributed by atoms with Crippen LogP contribution >= 0.6 is 0 Å². The van der Waals surface area contributed by atoms with Gasteiger partial charge in [-0.3, -0.25) is 4.79 Å². The van der Waals surface area contributed by atoms with Crippen LogP contribution in [0.2, 0.25) is 0 Å². The fraction of sp³-hybridized carbons (Fsp3) is 0.400. The second-order valence-corrected chi connectivity index (χ2v) is 5.51. The Hall–Kier alpha value is -1.87. The maximum absolute atomic E-state index is 11.9. The number of aromatic carboxylic acids is 1. The van der Waals surface area contributed by atoms with Crippen LogP contribution in [0, 0.1) is 0 Å². The van der Waals surface area contributed by atoms with Crippen LogP contribution in [0.4, 0.5) is 0 Å². The van der Waals surface area contributed by atoms with E-state index in [1.54, 1.807) is 6.92 Å². The minimum atomic E-state index is -3.94. The molecule has 106 valence electrons. The average molecular weight is 289 g/mol. The van der Waals surface area contributed by atoms with E-state index in [0.717, 1.165) is 12.3 Å². The number of rotatable bonds is 6. The smallest absolute Gasteiger partial charge is 0.352 e. The Bertz CT molecular complexity index is 578. The first-order chi connectivity index (χ1) is 8.77. The summed E-state index contributed by atoms with van der Waals surface area (Å²) in [4.78, 5) is 24.2. The Labute approximate surface area is 110 Å². The maximum Gasteiger partial charge on any atom is 0.352 e. The number of aromatic nitrogens is 1. The average Bonchev–Trinajstić information content (AvgIpc) is 2.78. The van der Waals surface area contributed by atoms with Crippen molar-refractivity contribution in [2.24, 2.45) is 0 Å². The normalized spacial score (nSPS) is 12.9. The summed E-state index contributed by atoms with van der Waals surface area (Å²) in [5.74, 6) is -1.72. The Morgan fingerprint density at radius 3 is 2.58 bits per heavy atom. The van der Waals surface area contributed by atoms with E-state index >= 15 is 0 Å². The highest BCUT2D eigenvalue weighted by Crippen LogP contribution is 2.11. The number of likely N-dealkylation sites (N-methyl/N-ethyl adjacent to an activating group) is 1. The number of sulfonamides is 1. The molecule has 19 heavy (non-hydrogen) atoms. The highest BCUT2D eigenvalue weighted by molar-refractivity contribution is 7.89. The van der Waals surface area contributed by atoms with Crippen LogP contribution in [0.1, 0.15) is 24.3 Å². The van der Waals surface area contributed by atoms with E-state index in [0.29, 0.717) is 6.54 Å². The van der Waals surface area contributed by atoms with E-state index in [4.69, 9.17) is 5.11 Å². The van der Waals surface area contributed by atoms with E-state index in [1.807, 2.05) is 0 Å². The van der Waals surface area contributed by atoms with E-state index in [9.17, 15) is 18.0 Å². The molecule has 1 atom stereocenters. The van der Waals surface area contributed by atoms with E-state index in [1.165, 1.54) is 6.92 Å². The summed E-state index contributed by atoms with van der Waals surface area (Å²) < 4.78 is 25.9. The van der Waals surface area contributed by atoms with Crippen molar-refractivity contribution >= 4 is 21.9 Å². The molecule has 1 aromatic rings. The quantitative estimate of drug-likeness (QED) is 0.562. The van der Waals surface area contributed by atoms with Gasteiger partial charge in [0.1, 0.15) is 10.6 Å². The fourth-order valence-corrected chi connectivity index (χ4v) is 2.53. The van der Waals surface area contributed by atoms with E-state index < -0.39 is 27.9 Å². The van der Waals surface area contributed by atoms with Crippen LogP contribution in [-0.4, -0.2) is 43.0 Å². The van der Waals surface area contributed by atoms with Gasteiger partial charge in [0.05, 0.1) is 6.04 Å². The van der Waals surface area contributed by atoms with Crippen molar-refractivity contribution in [3.05, 3.63) is 18.0 Å². The number of carbonyl (C=O) groups is 2. The zero-order valence-electron chi connectivity index (χ0n) is 10.4. The number of carboxylic acid groups (broad SMARTS) is 1. The van der Waals surface area contributed by atoms with Gasteiger partial charge in [-0.1, -0.05) is 0 Å². The first-order valence-corrected chi connectivity index (χ1v) is 6.98. The van der Waals surface area contributed by atoms with Crippen molar-refractivity contribution in [1.82, 2.24) is 15.0 Å². The number of carbonyl (C=O) groups excluding carboxylic acids is 1. The third kappa shape index (κ3) is 3.80. The molecule has 0 bridgehead atoms. The van der Waals surface area contributed by atoms with Crippen molar-refractivity contribution < 1.29 is 23.1 Å². The molecule has 9 heteroatoms. The lowest BCUT2D eigenvalue weighted by molar-refractivity contribution is -0.122. The molecule has 0 aliphatic rings. The van der Waals surface area contributed by atoms with Crippen LogP contribution < -0.4 is 10.0 Å². The number of amides is 1. The molecule has 1 unspecified atom stereocenters. The molecular formula is C10H15N3O5S. The van der Waals surface area contributed by atoms with Gasteiger partial charge < -0.3 is 15.4 Å². The van der Waals surface area contributed by atoms with Crippen LogP contribution in [-0.2, 0) is 14.8 Å². The van der Waals surface area contributed by atoms with Gasteiger partial charge in [0, 0.05) is 12.7 Å². The molecule has 0 aliphatic heterocycles. The Kier molecular flexibility index (Phi) is 4.67. The van der Waals surface area contributed by atoms with Gasteiger partial charge in [0.25, 0.3) is 0 Å². The predicted octanol–water partition coefficient (Wildman–Crippen LogP) is -0.484. The summed E-state index contributed by atoms with van der Waals surface area (Å²) in [7, 11) is -3.94. The Balaban J connectivity index is 2.86. The molecule has 0 saturated heterocycles. The standard InChI is InChI=1S/C10H15N3O5S/c1-3-11-9(14)6(2)13-19(17,18)7-4-8(10(15)16)12-5-7/h4-6,12-13H,3H2,1-2H3,(H,11,14)(H,15,16). The summed E-state index contributed by atoms with van der Waals surface area (Å²) in [6.45, 7) is 3.50. The molecule has 0 radical (unpaired) electrons. The molecule has 0 saturated carbocycles. The zero-order valence-corrected chi connectivity index (χ0v) is 11.2. The van der Waals surface area contributed by atoms with Crippen LogP contribution in [0.3, 0.4) is 0 Å². The number of H-pyrrole nitrogens is 1. The molecule has 0 aromatic carbocycles. The van der Waals surface area contributed by atoms with Gasteiger partial charge in [-0.25, -0.2) is 13.2 Å². The van der Waals surface area contributed by atoms with Gasteiger partial charge in [-0.05, 0) is 19.9 Å². The Morgan fingerprint density at radius 2 is 2.11 bits per heavy atom. The van der Waals surface area contributed by atoms with Crippen LogP contribution in [0.5, 0.6) is 0 Å². The largest absolute Gasteiger partial charge is 0.477 e. The topological polar surface area (TPSA) is 128 Å². The van der Waals surface area contributed by atoms with Crippen molar-refractivity contribution in [2.45, 2.75) is 24.8 Å². The second kappa shape index (κ2) is 5.85. The molecule has 1 amide bonds. The summed E-state index contributed by atoms with van der Waals surface area (Å²) in [6, 6.07) is 0.0305. The molecule has 1 aromatic heterocycles. The summed E-state index contributed by atoms with van der Waals surface area (Å²) in [6.07, 6.45) is 1.05. The number of nitrogens with one attached hydrogen (secondary N) is 3. The lowest BCUT2D eigenvalue weighted by atomic mass is 10.3. The predicted molar refractivity (Wildman–Crippen MR) is 66.2 cm³/mol. The molecule has 0 aliphatic carbocycles. The molecule has 4 N–H and O–H groups in total. The molecule has 0 spiro atoms. The van der Waals surface area contributed by atoms with Crippen molar-refractivity contribution in [3.8, 4) is 0 Å². The zero-order chi connectivity index (χ0) is 14.6. The lowest BCUT2D eigenvalue weighted by Gasteiger charge is -2.12. The van der Waals surface area contributed by atoms with Gasteiger partial charge >= 0.3 is 5.97 Å². The highest BCUT2D eigenvalue weighted by atomic mass is 32.2. The SMILES string of the molecule is CCNC(=O)C(C)NS(=O)(=O)c1c[nH]c(C(=O)O)c1. The minimum Gasteiger partial charge on any atom is -0.477 e. The number of hydrogen-bond acceptors (Lipinski definition) is 4. The minimum absolute atomic E-state index is 0.235. The molecule has 1 heterocycles. The monoisotopic (exact) mass is 289 g/mol. The van der Waals surface area contributed by atoms with E-state index in [-0.39, 0.29) is 10.6 Å². The van der Waals surface area contributed by atoms with Gasteiger partial charge in [-0.15, -0.1) is 0 Å². The summed E-state index contributed by atoms with van der Waals surface area (Å²) in [5.41, 5.74) is -0.244. The summed E-state index contributed by atoms with van der Waals surface area (Å²) >= 11 is 0.